The highest BCUT2D eigenvalue weighted by molar-refractivity contribution is 5.57. The Kier molecular flexibility index (Phi) is 4.88. The first-order valence-electron chi connectivity index (χ1n) is 6.86. The zero-order chi connectivity index (χ0) is 12.8. The van der Waals surface area contributed by atoms with E-state index in [1.165, 1.54) is 38.0 Å². The van der Waals surface area contributed by atoms with Gasteiger partial charge in [-0.2, -0.15) is 0 Å². The highest BCUT2D eigenvalue weighted by Gasteiger charge is 2.14. The molecular weight excluding hydrogens is 224 g/mol. The fourth-order valence-electron chi connectivity index (χ4n) is 2.61. The van der Waals surface area contributed by atoms with E-state index in [9.17, 15) is 0 Å². The molecule has 1 aliphatic rings. The average molecular weight is 248 g/mol. The molecule has 0 bridgehead atoms. The monoisotopic (exact) mass is 248 g/mol. The van der Waals surface area contributed by atoms with E-state index >= 15 is 0 Å². The van der Waals surface area contributed by atoms with Gasteiger partial charge in [0.05, 0.1) is 12.8 Å². The molecule has 3 heteroatoms. The molecule has 1 N–H and O–H groups in total. The molecular formula is C15H24N2O. The van der Waals surface area contributed by atoms with Crippen LogP contribution in [0.1, 0.15) is 19.3 Å². The lowest BCUT2D eigenvalue weighted by atomic mass is 9.94. The zero-order valence-electron chi connectivity index (χ0n) is 11.5. The average Bonchev–Trinajstić information content (AvgIpc) is 2.45. The predicted octanol–water partition coefficient (Wildman–Crippen LogP) is 2.52. The minimum Gasteiger partial charge on any atom is -0.495 e. The summed E-state index contributed by atoms with van der Waals surface area (Å²) in [7, 11) is 3.89. The molecule has 3 nitrogen and oxygen atoms in total. The normalized spacial score (nSPS) is 16.6. The number of nitrogens with zero attached hydrogens (tertiary/aromatic N) is 1. The summed E-state index contributed by atoms with van der Waals surface area (Å²) in [6.45, 7) is 3.47. The summed E-state index contributed by atoms with van der Waals surface area (Å²) in [5.41, 5.74) is 1.19. The van der Waals surface area contributed by atoms with Crippen LogP contribution in [-0.4, -0.2) is 33.8 Å². The van der Waals surface area contributed by atoms with Gasteiger partial charge in [-0.1, -0.05) is 12.1 Å². The van der Waals surface area contributed by atoms with Gasteiger partial charge in [0.25, 0.3) is 0 Å². The first-order valence-corrected chi connectivity index (χ1v) is 6.86. The van der Waals surface area contributed by atoms with Gasteiger partial charge in [-0.3, -0.25) is 0 Å². The van der Waals surface area contributed by atoms with E-state index in [0.29, 0.717) is 0 Å². The summed E-state index contributed by atoms with van der Waals surface area (Å²) >= 11 is 0. The lowest BCUT2D eigenvalue weighted by Crippen LogP contribution is -2.30. The summed E-state index contributed by atoms with van der Waals surface area (Å²) in [6.07, 6.45) is 3.91. The third kappa shape index (κ3) is 3.39. The number of benzene rings is 1. The maximum Gasteiger partial charge on any atom is 0.142 e. The van der Waals surface area contributed by atoms with Crippen LogP contribution in [-0.2, 0) is 0 Å². The van der Waals surface area contributed by atoms with Gasteiger partial charge in [0.15, 0.2) is 0 Å². The van der Waals surface area contributed by atoms with E-state index in [1.807, 2.05) is 12.1 Å². The van der Waals surface area contributed by atoms with E-state index in [4.69, 9.17) is 4.74 Å². The Labute approximate surface area is 110 Å². The van der Waals surface area contributed by atoms with Gasteiger partial charge in [-0.25, -0.2) is 0 Å². The molecule has 0 spiro atoms. The van der Waals surface area contributed by atoms with Crippen LogP contribution in [0.4, 0.5) is 5.69 Å². The third-order valence-corrected chi connectivity index (χ3v) is 3.83. The van der Waals surface area contributed by atoms with Crippen LogP contribution < -0.4 is 15.0 Å². The first-order chi connectivity index (χ1) is 8.81. The molecule has 1 heterocycles. The van der Waals surface area contributed by atoms with Crippen LogP contribution >= 0.6 is 0 Å². The zero-order valence-corrected chi connectivity index (χ0v) is 11.5. The number of anilines is 1. The summed E-state index contributed by atoms with van der Waals surface area (Å²) in [5, 5.41) is 3.42. The van der Waals surface area contributed by atoms with Crippen molar-refractivity contribution in [2.24, 2.45) is 5.92 Å². The fourth-order valence-corrected chi connectivity index (χ4v) is 2.61. The fraction of sp³-hybridized carbons (Fsp3) is 0.600. The van der Waals surface area contributed by atoms with Crippen molar-refractivity contribution in [3.8, 4) is 5.75 Å². The number of ether oxygens (including phenoxy) is 1. The van der Waals surface area contributed by atoms with E-state index in [1.54, 1.807) is 7.11 Å². The van der Waals surface area contributed by atoms with E-state index in [0.717, 1.165) is 18.2 Å². The highest BCUT2D eigenvalue weighted by Crippen LogP contribution is 2.27. The molecule has 100 valence electrons. The van der Waals surface area contributed by atoms with Gasteiger partial charge in [0, 0.05) is 13.6 Å². The Balaban J connectivity index is 1.88. The second-order valence-corrected chi connectivity index (χ2v) is 5.08. The molecule has 0 amide bonds. The lowest BCUT2D eigenvalue weighted by Gasteiger charge is -2.27. The Morgan fingerprint density at radius 2 is 2.00 bits per heavy atom. The van der Waals surface area contributed by atoms with Gasteiger partial charge < -0.3 is 15.0 Å². The maximum absolute atomic E-state index is 5.41. The van der Waals surface area contributed by atoms with Crippen molar-refractivity contribution >= 4 is 5.69 Å². The van der Waals surface area contributed by atoms with Crippen LogP contribution in [0.2, 0.25) is 0 Å². The number of para-hydroxylation sites is 2. The molecule has 1 aromatic carbocycles. The molecule has 0 aromatic heterocycles. The number of methoxy groups -OCH3 is 1. The van der Waals surface area contributed by atoms with E-state index < -0.39 is 0 Å². The summed E-state index contributed by atoms with van der Waals surface area (Å²) < 4.78 is 5.41. The van der Waals surface area contributed by atoms with E-state index in [-0.39, 0.29) is 0 Å². The minimum atomic E-state index is 0.878. The van der Waals surface area contributed by atoms with Crippen molar-refractivity contribution < 1.29 is 4.74 Å². The molecule has 0 saturated carbocycles. The van der Waals surface area contributed by atoms with Gasteiger partial charge >= 0.3 is 0 Å². The first kappa shape index (κ1) is 13.2. The quantitative estimate of drug-likeness (QED) is 0.866. The van der Waals surface area contributed by atoms with Crippen LogP contribution in [0.3, 0.4) is 0 Å². The molecule has 0 radical (unpaired) electrons. The third-order valence-electron chi connectivity index (χ3n) is 3.83. The van der Waals surface area contributed by atoms with Gasteiger partial charge in [0.2, 0.25) is 0 Å². The SMILES string of the molecule is COc1ccccc1N(C)CCC1CCNCC1. The Morgan fingerprint density at radius 3 is 2.72 bits per heavy atom. The number of rotatable bonds is 5. The van der Waals surface area contributed by atoms with Crippen LogP contribution in [0.15, 0.2) is 24.3 Å². The van der Waals surface area contributed by atoms with Gasteiger partial charge in [0.1, 0.15) is 5.75 Å². The molecule has 0 unspecified atom stereocenters. The number of hydrogen-bond donors (Lipinski definition) is 1. The van der Waals surface area contributed by atoms with Crippen molar-refractivity contribution in [3.05, 3.63) is 24.3 Å². The predicted molar refractivity (Wildman–Crippen MR) is 76.5 cm³/mol. The topological polar surface area (TPSA) is 24.5 Å². The number of nitrogens with one attached hydrogen (secondary N) is 1. The smallest absolute Gasteiger partial charge is 0.142 e. The lowest BCUT2D eigenvalue weighted by molar-refractivity contribution is 0.356. The molecule has 2 rings (SSSR count). The minimum absolute atomic E-state index is 0.878. The van der Waals surface area contributed by atoms with Crippen molar-refractivity contribution in [2.45, 2.75) is 19.3 Å². The van der Waals surface area contributed by atoms with Crippen LogP contribution in [0.5, 0.6) is 5.75 Å². The molecule has 18 heavy (non-hydrogen) atoms. The molecule has 1 fully saturated rings. The van der Waals surface area contributed by atoms with Crippen molar-refractivity contribution in [1.82, 2.24) is 5.32 Å². The summed E-state index contributed by atoms with van der Waals surface area (Å²) in [6, 6.07) is 8.24. The Hall–Kier alpha value is -1.22. The second kappa shape index (κ2) is 6.64. The Bertz CT molecular complexity index is 361. The van der Waals surface area contributed by atoms with E-state index in [2.05, 4.69) is 29.4 Å². The van der Waals surface area contributed by atoms with Crippen LogP contribution in [0, 0.1) is 5.92 Å². The van der Waals surface area contributed by atoms with Crippen molar-refractivity contribution in [1.29, 1.82) is 0 Å². The van der Waals surface area contributed by atoms with Gasteiger partial charge in [-0.05, 0) is 50.4 Å². The molecule has 1 aliphatic heterocycles. The Morgan fingerprint density at radius 1 is 1.28 bits per heavy atom. The largest absolute Gasteiger partial charge is 0.495 e. The van der Waals surface area contributed by atoms with Crippen molar-refractivity contribution in [3.63, 3.8) is 0 Å². The summed E-state index contributed by atoms with van der Waals surface area (Å²) in [5.74, 6) is 1.84. The molecule has 1 aromatic rings. The van der Waals surface area contributed by atoms with Gasteiger partial charge in [-0.15, -0.1) is 0 Å². The summed E-state index contributed by atoms with van der Waals surface area (Å²) in [4.78, 5) is 2.31. The van der Waals surface area contributed by atoms with Crippen LogP contribution in [0.25, 0.3) is 0 Å². The molecule has 1 saturated heterocycles. The number of piperidine rings is 1. The molecule has 0 atom stereocenters. The second-order valence-electron chi connectivity index (χ2n) is 5.08. The standard InChI is InChI=1S/C15H24N2O/c1-17(12-9-13-7-10-16-11-8-13)14-5-3-4-6-15(14)18-2/h3-6,13,16H,7-12H2,1-2H3. The van der Waals surface area contributed by atoms with Crippen molar-refractivity contribution in [2.75, 3.05) is 38.7 Å². The highest BCUT2D eigenvalue weighted by atomic mass is 16.5. The molecule has 0 aliphatic carbocycles. The number of hydrogen-bond acceptors (Lipinski definition) is 3. The maximum atomic E-state index is 5.41.